The first-order valence-corrected chi connectivity index (χ1v) is 7.33. The monoisotopic (exact) mass is 307 g/mol. The first kappa shape index (κ1) is 14.8. The second-order valence-electron chi connectivity index (χ2n) is 5.28. The van der Waals surface area contributed by atoms with Crippen LogP contribution in [-0.4, -0.2) is 15.5 Å². The maximum atomic E-state index is 12.5. The minimum Gasteiger partial charge on any atom is -0.366 e. The summed E-state index contributed by atoms with van der Waals surface area (Å²) < 4.78 is 1.64. The Kier molecular flexibility index (Phi) is 3.85. The number of carbonyl (C=O) groups excluding carboxylic acids is 1. The normalized spacial score (nSPS) is 11.3. The lowest BCUT2D eigenvalue weighted by molar-refractivity contribution is 0.100. The number of hydrogen-bond donors (Lipinski definition) is 2. The molecule has 3 rings (SSSR count). The quantitative estimate of drug-likeness (QED) is 0.727. The molecule has 0 saturated carbocycles. The highest BCUT2D eigenvalue weighted by Crippen LogP contribution is 2.27. The van der Waals surface area contributed by atoms with Gasteiger partial charge in [0.2, 0.25) is 5.91 Å². The van der Waals surface area contributed by atoms with Gasteiger partial charge in [-0.15, -0.1) is 0 Å². The van der Waals surface area contributed by atoms with E-state index in [1.54, 1.807) is 29.0 Å². The minimum absolute atomic E-state index is 0.0714. The van der Waals surface area contributed by atoms with Crippen molar-refractivity contribution in [2.24, 2.45) is 5.73 Å². The van der Waals surface area contributed by atoms with Crippen molar-refractivity contribution in [3.63, 3.8) is 0 Å². The van der Waals surface area contributed by atoms with Crippen LogP contribution in [0.15, 0.2) is 59.7 Å². The first-order valence-electron chi connectivity index (χ1n) is 7.33. The SMILES string of the molecule is CC=CCn1cc(-c2cccc(C(N)=O)c2)c2cc[nH]c2c1=O. The van der Waals surface area contributed by atoms with Gasteiger partial charge in [0.15, 0.2) is 0 Å². The van der Waals surface area contributed by atoms with E-state index in [1.807, 2.05) is 37.4 Å². The van der Waals surface area contributed by atoms with Crippen molar-refractivity contribution in [3.8, 4) is 11.1 Å². The summed E-state index contributed by atoms with van der Waals surface area (Å²) in [6.45, 7) is 2.41. The summed E-state index contributed by atoms with van der Waals surface area (Å²) in [5, 5.41) is 0.827. The molecule has 0 aliphatic heterocycles. The second kappa shape index (κ2) is 5.96. The van der Waals surface area contributed by atoms with Crippen LogP contribution in [0.25, 0.3) is 22.0 Å². The van der Waals surface area contributed by atoms with Gasteiger partial charge >= 0.3 is 0 Å². The highest BCUT2D eigenvalue weighted by Gasteiger charge is 2.12. The van der Waals surface area contributed by atoms with Crippen LogP contribution >= 0.6 is 0 Å². The molecule has 1 aromatic carbocycles. The third kappa shape index (κ3) is 2.68. The number of benzene rings is 1. The number of carbonyl (C=O) groups is 1. The Hall–Kier alpha value is -3.08. The van der Waals surface area contributed by atoms with Crippen molar-refractivity contribution in [1.29, 1.82) is 0 Å². The standard InChI is InChI=1S/C18H17N3O2/c1-2-3-9-21-11-15(14-7-8-20-16(14)18(21)23)12-5-4-6-13(10-12)17(19)22/h2-8,10-11,20H,9H2,1H3,(H2,19,22). The minimum atomic E-state index is -0.473. The van der Waals surface area contributed by atoms with Gasteiger partial charge in [-0.25, -0.2) is 0 Å². The maximum absolute atomic E-state index is 12.5. The van der Waals surface area contributed by atoms with E-state index in [9.17, 15) is 9.59 Å². The molecule has 0 aliphatic rings. The van der Waals surface area contributed by atoms with E-state index < -0.39 is 5.91 Å². The number of hydrogen-bond acceptors (Lipinski definition) is 2. The van der Waals surface area contributed by atoms with Gasteiger partial charge in [0.1, 0.15) is 5.52 Å². The zero-order chi connectivity index (χ0) is 16.4. The number of primary amides is 1. The summed E-state index contributed by atoms with van der Waals surface area (Å²) in [5.74, 6) is -0.473. The van der Waals surface area contributed by atoms with Crippen LogP contribution in [-0.2, 0) is 6.54 Å². The van der Waals surface area contributed by atoms with Crippen LogP contribution in [0.1, 0.15) is 17.3 Å². The number of nitrogens with two attached hydrogens (primary N) is 1. The lowest BCUT2D eigenvalue weighted by Gasteiger charge is -2.10. The zero-order valence-corrected chi connectivity index (χ0v) is 12.7. The van der Waals surface area contributed by atoms with E-state index in [0.717, 1.165) is 16.5 Å². The molecule has 23 heavy (non-hydrogen) atoms. The van der Waals surface area contributed by atoms with Gasteiger partial charge in [0.25, 0.3) is 5.56 Å². The third-order valence-corrected chi connectivity index (χ3v) is 3.79. The number of amides is 1. The van der Waals surface area contributed by atoms with Crippen molar-refractivity contribution in [2.45, 2.75) is 13.5 Å². The molecule has 0 unspecified atom stereocenters. The molecule has 0 aliphatic carbocycles. The number of fused-ring (bicyclic) bond motifs is 1. The van der Waals surface area contributed by atoms with Crippen LogP contribution in [0.2, 0.25) is 0 Å². The zero-order valence-electron chi connectivity index (χ0n) is 12.7. The van der Waals surface area contributed by atoms with Crippen molar-refractivity contribution in [1.82, 2.24) is 9.55 Å². The molecule has 1 amide bonds. The topological polar surface area (TPSA) is 80.9 Å². The summed E-state index contributed by atoms with van der Waals surface area (Å²) in [6, 6.07) is 8.97. The molecule has 0 fully saturated rings. The van der Waals surface area contributed by atoms with Crippen LogP contribution in [0, 0.1) is 0 Å². The van der Waals surface area contributed by atoms with Crippen molar-refractivity contribution in [2.75, 3.05) is 0 Å². The summed E-state index contributed by atoms with van der Waals surface area (Å²) in [4.78, 5) is 26.9. The van der Waals surface area contributed by atoms with Gasteiger partial charge in [0.05, 0.1) is 0 Å². The Morgan fingerprint density at radius 2 is 2.17 bits per heavy atom. The molecule has 5 heteroatoms. The number of H-pyrrole nitrogens is 1. The highest BCUT2D eigenvalue weighted by atomic mass is 16.1. The number of aromatic nitrogens is 2. The Morgan fingerprint density at radius 3 is 2.91 bits per heavy atom. The molecule has 0 radical (unpaired) electrons. The number of pyridine rings is 1. The Labute approximate surface area is 133 Å². The molecule has 0 spiro atoms. The fraction of sp³-hybridized carbons (Fsp3) is 0.111. The highest BCUT2D eigenvalue weighted by molar-refractivity contribution is 5.98. The predicted molar refractivity (Wildman–Crippen MR) is 91.3 cm³/mol. The lowest BCUT2D eigenvalue weighted by Crippen LogP contribution is -2.19. The summed E-state index contributed by atoms with van der Waals surface area (Å²) in [6.07, 6.45) is 7.38. The second-order valence-corrected chi connectivity index (χ2v) is 5.28. The summed E-state index contributed by atoms with van der Waals surface area (Å²) in [7, 11) is 0. The average Bonchev–Trinajstić information content (AvgIpc) is 3.04. The molecule has 2 heterocycles. The maximum Gasteiger partial charge on any atom is 0.275 e. The van der Waals surface area contributed by atoms with Gasteiger partial charge < -0.3 is 15.3 Å². The van der Waals surface area contributed by atoms with Crippen molar-refractivity contribution >= 4 is 16.8 Å². The van der Waals surface area contributed by atoms with E-state index in [-0.39, 0.29) is 5.56 Å². The molecule has 0 bridgehead atoms. The van der Waals surface area contributed by atoms with E-state index >= 15 is 0 Å². The Balaban J connectivity index is 2.26. The molecule has 0 atom stereocenters. The van der Waals surface area contributed by atoms with E-state index in [1.165, 1.54) is 0 Å². The third-order valence-electron chi connectivity index (χ3n) is 3.79. The molecular formula is C18H17N3O2. The number of allylic oxidation sites excluding steroid dienone is 2. The number of nitrogens with one attached hydrogen (secondary N) is 1. The van der Waals surface area contributed by atoms with Gasteiger partial charge in [-0.1, -0.05) is 24.3 Å². The van der Waals surface area contributed by atoms with Crippen LogP contribution < -0.4 is 11.3 Å². The Morgan fingerprint density at radius 1 is 1.35 bits per heavy atom. The van der Waals surface area contributed by atoms with Gasteiger partial charge in [-0.05, 0) is 30.7 Å². The lowest BCUT2D eigenvalue weighted by atomic mass is 10.0. The first-order chi connectivity index (χ1) is 11.1. The smallest absolute Gasteiger partial charge is 0.275 e. The molecule has 116 valence electrons. The van der Waals surface area contributed by atoms with E-state index in [2.05, 4.69) is 4.98 Å². The molecule has 3 aromatic rings. The van der Waals surface area contributed by atoms with Crippen molar-refractivity contribution in [3.05, 3.63) is 70.8 Å². The van der Waals surface area contributed by atoms with Gasteiger partial charge in [-0.2, -0.15) is 0 Å². The van der Waals surface area contributed by atoms with E-state index in [0.29, 0.717) is 17.6 Å². The number of nitrogens with zero attached hydrogens (tertiary/aromatic N) is 1. The number of aromatic amines is 1. The fourth-order valence-corrected chi connectivity index (χ4v) is 2.62. The molecular weight excluding hydrogens is 290 g/mol. The molecule has 2 aromatic heterocycles. The van der Waals surface area contributed by atoms with Crippen LogP contribution in [0.5, 0.6) is 0 Å². The fourth-order valence-electron chi connectivity index (χ4n) is 2.62. The van der Waals surface area contributed by atoms with E-state index in [4.69, 9.17) is 5.73 Å². The van der Waals surface area contributed by atoms with Crippen LogP contribution in [0.3, 0.4) is 0 Å². The van der Waals surface area contributed by atoms with Crippen LogP contribution in [0.4, 0.5) is 0 Å². The van der Waals surface area contributed by atoms with Crippen molar-refractivity contribution < 1.29 is 4.79 Å². The predicted octanol–water partition coefficient (Wildman–Crippen LogP) is 2.67. The largest absolute Gasteiger partial charge is 0.366 e. The van der Waals surface area contributed by atoms with Gasteiger partial charge in [0, 0.05) is 35.5 Å². The molecule has 5 nitrogen and oxygen atoms in total. The summed E-state index contributed by atoms with van der Waals surface area (Å²) >= 11 is 0. The molecule has 0 saturated heterocycles. The molecule has 3 N–H and O–H groups in total. The Bertz CT molecular complexity index is 964. The summed E-state index contributed by atoms with van der Waals surface area (Å²) in [5.41, 5.74) is 8.02. The van der Waals surface area contributed by atoms with Gasteiger partial charge in [-0.3, -0.25) is 9.59 Å². The average molecular weight is 307 g/mol. The number of rotatable bonds is 4.